The number of ether oxygens (including phenoxy) is 1. The molecule has 2 heterocycles. The van der Waals surface area contributed by atoms with E-state index in [9.17, 15) is 9.59 Å². The van der Waals surface area contributed by atoms with E-state index in [4.69, 9.17) is 4.74 Å². The van der Waals surface area contributed by atoms with Gasteiger partial charge >= 0.3 is 5.97 Å². The molecule has 4 rings (SSSR count). The molecule has 0 amide bonds. The smallest absolute Gasteiger partial charge is 0.315 e. The Morgan fingerprint density at radius 1 is 1.20 bits per heavy atom. The lowest BCUT2D eigenvalue weighted by Gasteiger charge is -2.29. The summed E-state index contributed by atoms with van der Waals surface area (Å²) in [6.07, 6.45) is 0. The van der Waals surface area contributed by atoms with Gasteiger partial charge in [0.25, 0.3) is 0 Å². The first-order chi connectivity index (χ1) is 12.1. The lowest BCUT2D eigenvalue weighted by Crippen LogP contribution is -2.34. The average Bonchev–Trinajstić information content (AvgIpc) is 3.22. The summed E-state index contributed by atoms with van der Waals surface area (Å²) in [5, 5.41) is 1.96. The number of carbonyl (C=O) groups is 2. The minimum absolute atomic E-state index is 0.0328. The Bertz CT molecular complexity index is 924. The molecule has 1 aliphatic carbocycles. The summed E-state index contributed by atoms with van der Waals surface area (Å²) >= 11 is 1.55. The van der Waals surface area contributed by atoms with Crippen LogP contribution in [0, 0.1) is 5.92 Å². The zero-order valence-corrected chi connectivity index (χ0v) is 14.8. The molecule has 0 radical (unpaired) electrons. The van der Waals surface area contributed by atoms with Crippen molar-refractivity contribution >= 4 is 34.5 Å². The highest BCUT2D eigenvalue weighted by Gasteiger charge is 2.46. The van der Waals surface area contributed by atoms with Crippen molar-refractivity contribution in [2.24, 2.45) is 10.9 Å². The number of nitrogens with zero attached hydrogens (tertiary/aromatic N) is 1. The van der Waals surface area contributed by atoms with Crippen molar-refractivity contribution in [1.29, 1.82) is 0 Å². The third-order valence-electron chi connectivity index (χ3n) is 4.70. The number of rotatable bonds is 3. The van der Waals surface area contributed by atoms with E-state index in [1.54, 1.807) is 18.3 Å². The Hall–Kier alpha value is -2.53. The van der Waals surface area contributed by atoms with Crippen LogP contribution in [0.25, 0.3) is 5.70 Å². The minimum Gasteiger partial charge on any atom is -0.465 e. The van der Waals surface area contributed by atoms with E-state index in [1.807, 2.05) is 48.7 Å². The van der Waals surface area contributed by atoms with Crippen LogP contribution < -0.4 is 0 Å². The molecule has 0 fully saturated rings. The molecular weight excluding hydrogens is 334 g/mol. The molecule has 1 aliphatic heterocycles. The number of allylic oxidation sites excluding steroid dienone is 1. The SMILES string of the molecule is CCOC(=O)C1C(C)=NC2=C(C(=O)c3ccccc32)[C@H]1c1cccs1. The van der Waals surface area contributed by atoms with Gasteiger partial charge in [0, 0.05) is 33.2 Å². The van der Waals surface area contributed by atoms with Crippen molar-refractivity contribution in [3.05, 3.63) is 63.4 Å². The number of fused-ring (bicyclic) bond motifs is 2. The van der Waals surface area contributed by atoms with Gasteiger partial charge in [0.15, 0.2) is 5.78 Å². The molecular formula is C20H17NO3S. The van der Waals surface area contributed by atoms with Crippen LogP contribution in [0.4, 0.5) is 0 Å². The fourth-order valence-corrected chi connectivity index (χ4v) is 4.53. The maximum atomic E-state index is 13.1. The van der Waals surface area contributed by atoms with E-state index in [0.29, 0.717) is 29.2 Å². The van der Waals surface area contributed by atoms with Crippen LogP contribution in [-0.4, -0.2) is 24.1 Å². The number of benzene rings is 1. The highest BCUT2D eigenvalue weighted by atomic mass is 32.1. The molecule has 1 unspecified atom stereocenters. The molecule has 1 aromatic carbocycles. The van der Waals surface area contributed by atoms with E-state index in [2.05, 4.69) is 4.99 Å². The number of hydrogen-bond donors (Lipinski definition) is 0. The zero-order valence-electron chi connectivity index (χ0n) is 14.0. The lowest BCUT2D eigenvalue weighted by molar-refractivity contribution is -0.145. The maximum Gasteiger partial charge on any atom is 0.315 e. The summed E-state index contributed by atoms with van der Waals surface area (Å²) in [7, 11) is 0. The normalized spacial score (nSPS) is 21.7. The molecule has 4 nitrogen and oxygen atoms in total. The van der Waals surface area contributed by atoms with Crippen molar-refractivity contribution in [1.82, 2.24) is 0 Å². The Kier molecular flexibility index (Phi) is 3.88. The third kappa shape index (κ3) is 2.38. The first kappa shape index (κ1) is 16.0. The van der Waals surface area contributed by atoms with Crippen LogP contribution in [0.5, 0.6) is 0 Å². The molecule has 0 N–H and O–H groups in total. The molecule has 0 saturated carbocycles. The number of aliphatic imine (C=N–C) groups is 1. The highest BCUT2D eigenvalue weighted by Crippen LogP contribution is 2.48. The average molecular weight is 351 g/mol. The van der Waals surface area contributed by atoms with Gasteiger partial charge in [-0.1, -0.05) is 30.3 Å². The van der Waals surface area contributed by atoms with Crippen LogP contribution in [0.2, 0.25) is 0 Å². The number of hydrogen-bond acceptors (Lipinski definition) is 5. The second kappa shape index (κ2) is 6.08. The molecule has 1 aromatic heterocycles. The Morgan fingerprint density at radius 2 is 1.96 bits per heavy atom. The molecule has 0 saturated heterocycles. The third-order valence-corrected chi connectivity index (χ3v) is 5.65. The van der Waals surface area contributed by atoms with Gasteiger partial charge < -0.3 is 4.74 Å². The standard InChI is InChI=1S/C20H17NO3S/c1-3-24-20(23)15-11(2)21-18-12-7-4-5-8-13(12)19(22)17(18)16(15)14-9-6-10-25-14/h4-10,15-16H,3H2,1-2H3/t15?,16-/m0/s1. The number of esters is 1. The van der Waals surface area contributed by atoms with Crippen molar-refractivity contribution in [2.45, 2.75) is 19.8 Å². The highest BCUT2D eigenvalue weighted by molar-refractivity contribution is 7.10. The van der Waals surface area contributed by atoms with E-state index < -0.39 is 5.92 Å². The summed E-state index contributed by atoms with van der Waals surface area (Å²) in [6.45, 7) is 3.94. The van der Waals surface area contributed by atoms with Gasteiger partial charge in [-0.3, -0.25) is 14.6 Å². The fourth-order valence-electron chi connectivity index (χ4n) is 3.66. The maximum absolute atomic E-state index is 13.1. The largest absolute Gasteiger partial charge is 0.465 e. The first-order valence-electron chi connectivity index (χ1n) is 8.27. The second-order valence-corrected chi connectivity index (χ2v) is 7.09. The molecule has 2 aliphatic rings. The van der Waals surface area contributed by atoms with Gasteiger partial charge in [-0.05, 0) is 25.3 Å². The van der Waals surface area contributed by atoms with E-state index >= 15 is 0 Å². The van der Waals surface area contributed by atoms with Gasteiger partial charge in [-0.2, -0.15) is 0 Å². The van der Waals surface area contributed by atoms with Crippen LogP contribution in [0.3, 0.4) is 0 Å². The number of carbonyl (C=O) groups excluding carboxylic acids is 2. The van der Waals surface area contributed by atoms with Crippen molar-refractivity contribution < 1.29 is 14.3 Å². The monoisotopic (exact) mass is 351 g/mol. The molecule has 0 bridgehead atoms. The quantitative estimate of drug-likeness (QED) is 0.783. The predicted molar refractivity (Wildman–Crippen MR) is 98.0 cm³/mol. The van der Waals surface area contributed by atoms with E-state index in [0.717, 1.165) is 10.4 Å². The topological polar surface area (TPSA) is 55.7 Å². The minimum atomic E-state index is -0.560. The summed E-state index contributed by atoms with van der Waals surface area (Å²) in [5.41, 5.74) is 3.53. The molecule has 25 heavy (non-hydrogen) atoms. The molecule has 5 heteroatoms. The lowest BCUT2D eigenvalue weighted by atomic mass is 9.78. The van der Waals surface area contributed by atoms with Gasteiger partial charge in [0.1, 0.15) is 5.92 Å². The van der Waals surface area contributed by atoms with Gasteiger partial charge in [0.2, 0.25) is 0 Å². The molecule has 126 valence electrons. The van der Waals surface area contributed by atoms with Crippen molar-refractivity contribution in [3.63, 3.8) is 0 Å². The van der Waals surface area contributed by atoms with Gasteiger partial charge in [-0.25, -0.2) is 0 Å². The second-order valence-electron chi connectivity index (χ2n) is 6.11. The summed E-state index contributed by atoms with van der Waals surface area (Å²) in [6, 6.07) is 11.4. The van der Waals surface area contributed by atoms with Crippen LogP contribution in [-0.2, 0) is 9.53 Å². The van der Waals surface area contributed by atoms with Crippen LogP contribution >= 0.6 is 11.3 Å². The fraction of sp³-hybridized carbons (Fsp3) is 0.250. The Morgan fingerprint density at radius 3 is 2.64 bits per heavy atom. The van der Waals surface area contributed by atoms with E-state index in [1.165, 1.54) is 0 Å². The van der Waals surface area contributed by atoms with Crippen molar-refractivity contribution in [3.8, 4) is 0 Å². The summed E-state index contributed by atoms with van der Waals surface area (Å²) in [5.74, 6) is -1.26. The molecule has 2 atom stereocenters. The Balaban J connectivity index is 1.91. The van der Waals surface area contributed by atoms with Gasteiger partial charge in [0.05, 0.1) is 12.3 Å². The predicted octanol–water partition coefficient (Wildman–Crippen LogP) is 4.09. The zero-order chi connectivity index (χ0) is 17.6. The number of ketones is 1. The number of Topliss-reactive ketones (excluding diaryl/α,β-unsaturated/α-hetero) is 1. The Labute approximate surface area is 149 Å². The molecule has 0 spiro atoms. The van der Waals surface area contributed by atoms with Crippen LogP contribution in [0.15, 0.2) is 52.3 Å². The first-order valence-corrected chi connectivity index (χ1v) is 9.15. The van der Waals surface area contributed by atoms with Gasteiger partial charge in [-0.15, -0.1) is 11.3 Å². The number of thiophene rings is 1. The van der Waals surface area contributed by atoms with E-state index in [-0.39, 0.29) is 17.7 Å². The molecule has 2 aromatic rings. The van der Waals surface area contributed by atoms with Crippen LogP contribution in [0.1, 0.15) is 40.6 Å². The van der Waals surface area contributed by atoms with Crippen molar-refractivity contribution in [2.75, 3.05) is 6.61 Å². The summed E-state index contributed by atoms with van der Waals surface area (Å²) in [4.78, 5) is 31.4. The summed E-state index contributed by atoms with van der Waals surface area (Å²) < 4.78 is 5.29.